The van der Waals surface area contributed by atoms with Crippen molar-refractivity contribution in [3.63, 3.8) is 0 Å². The first-order valence-corrected chi connectivity index (χ1v) is 7.20. The molecule has 2 rings (SSSR count). The standard InChI is InChI=1S/C16H15BrFNO2/c1-10-7-12(17)8-11(2)16(10)21-9-15(20)19-14-6-4-3-5-13(14)18/h3-8H,9H2,1-2H3,(H,19,20). The van der Waals surface area contributed by atoms with E-state index in [9.17, 15) is 9.18 Å². The Morgan fingerprint density at radius 2 is 1.86 bits per heavy atom. The number of carbonyl (C=O) groups is 1. The summed E-state index contributed by atoms with van der Waals surface area (Å²) in [7, 11) is 0. The summed E-state index contributed by atoms with van der Waals surface area (Å²) in [6.45, 7) is 3.64. The molecule has 0 atom stereocenters. The Balaban J connectivity index is 2.01. The number of anilines is 1. The third-order valence-corrected chi connectivity index (χ3v) is 3.38. The average Bonchev–Trinajstić information content (AvgIpc) is 2.40. The van der Waals surface area contributed by atoms with Gasteiger partial charge in [-0.05, 0) is 49.2 Å². The van der Waals surface area contributed by atoms with E-state index >= 15 is 0 Å². The van der Waals surface area contributed by atoms with Crippen molar-refractivity contribution >= 4 is 27.5 Å². The molecule has 0 radical (unpaired) electrons. The third kappa shape index (κ3) is 4.04. The lowest BCUT2D eigenvalue weighted by Gasteiger charge is -2.13. The van der Waals surface area contributed by atoms with Crippen molar-refractivity contribution in [1.82, 2.24) is 0 Å². The lowest BCUT2D eigenvalue weighted by Crippen LogP contribution is -2.21. The summed E-state index contributed by atoms with van der Waals surface area (Å²) in [5, 5.41) is 2.48. The molecule has 0 bridgehead atoms. The van der Waals surface area contributed by atoms with Crippen molar-refractivity contribution in [2.75, 3.05) is 11.9 Å². The Morgan fingerprint density at radius 3 is 2.48 bits per heavy atom. The normalized spacial score (nSPS) is 10.3. The van der Waals surface area contributed by atoms with E-state index in [1.807, 2.05) is 26.0 Å². The number of ether oxygens (including phenoxy) is 1. The molecule has 0 saturated carbocycles. The number of benzene rings is 2. The van der Waals surface area contributed by atoms with Gasteiger partial charge in [-0.2, -0.15) is 0 Å². The van der Waals surface area contributed by atoms with Crippen molar-refractivity contribution < 1.29 is 13.9 Å². The number of carbonyl (C=O) groups excluding carboxylic acids is 1. The van der Waals surface area contributed by atoms with Gasteiger partial charge in [0.05, 0.1) is 5.69 Å². The fourth-order valence-corrected chi connectivity index (χ4v) is 2.70. The van der Waals surface area contributed by atoms with Crippen LogP contribution in [-0.2, 0) is 4.79 Å². The zero-order valence-corrected chi connectivity index (χ0v) is 13.3. The van der Waals surface area contributed by atoms with Crippen molar-refractivity contribution in [3.8, 4) is 5.75 Å². The summed E-state index contributed by atoms with van der Waals surface area (Å²) in [6.07, 6.45) is 0. The molecular formula is C16H15BrFNO2. The van der Waals surface area contributed by atoms with Gasteiger partial charge in [-0.3, -0.25) is 4.79 Å². The van der Waals surface area contributed by atoms with Crippen molar-refractivity contribution in [2.24, 2.45) is 0 Å². The van der Waals surface area contributed by atoms with Crippen LogP contribution in [-0.4, -0.2) is 12.5 Å². The number of hydrogen-bond donors (Lipinski definition) is 1. The van der Waals surface area contributed by atoms with Gasteiger partial charge in [-0.25, -0.2) is 4.39 Å². The Labute approximate surface area is 131 Å². The number of amides is 1. The van der Waals surface area contributed by atoms with Crippen LogP contribution in [0.2, 0.25) is 0 Å². The minimum absolute atomic E-state index is 0.148. The number of aryl methyl sites for hydroxylation is 2. The molecule has 0 saturated heterocycles. The monoisotopic (exact) mass is 351 g/mol. The van der Waals surface area contributed by atoms with Gasteiger partial charge in [0.25, 0.3) is 5.91 Å². The number of nitrogens with one attached hydrogen (secondary N) is 1. The molecule has 5 heteroatoms. The molecule has 21 heavy (non-hydrogen) atoms. The molecule has 0 aliphatic rings. The van der Waals surface area contributed by atoms with E-state index in [1.165, 1.54) is 12.1 Å². The van der Waals surface area contributed by atoms with Crippen LogP contribution in [0.5, 0.6) is 5.75 Å². The van der Waals surface area contributed by atoms with Gasteiger partial charge >= 0.3 is 0 Å². The van der Waals surface area contributed by atoms with E-state index in [2.05, 4.69) is 21.2 Å². The number of hydrogen-bond acceptors (Lipinski definition) is 2. The van der Waals surface area contributed by atoms with Crippen molar-refractivity contribution in [1.29, 1.82) is 0 Å². The van der Waals surface area contributed by atoms with E-state index in [0.29, 0.717) is 5.75 Å². The molecule has 110 valence electrons. The van der Waals surface area contributed by atoms with Crippen LogP contribution in [0.15, 0.2) is 40.9 Å². The van der Waals surface area contributed by atoms with Crippen LogP contribution in [0.3, 0.4) is 0 Å². The first kappa shape index (κ1) is 15.5. The topological polar surface area (TPSA) is 38.3 Å². The molecule has 0 fully saturated rings. The lowest BCUT2D eigenvalue weighted by molar-refractivity contribution is -0.118. The number of para-hydroxylation sites is 1. The fourth-order valence-electron chi connectivity index (χ4n) is 2.01. The van der Waals surface area contributed by atoms with Crippen LogP contribution in [0, 0.1) is 19.7 Å². The highest BCUT2D eigenvalue weighted by Crippen LogP contribution is 2.27. The second-order valence-corrected chi connectivity index (χ2v) is 5.60. The van der Waals surface area contributed by atoms with Crippen molar-refractivity contribution in [2.45, 2.75) is 13.8 Å². The van der Waals surface area contributed by atoms with E-state index in [4.69, 9.17) is 4.74 Å². The summed E-state index contributed by atoms with van der Waals surface area (Å²) in [5.74, 6) is -0.203. The molecular weight excluding hydrogens is 337 g/mol. The fraction of sp³-hybridized carbons (Fsp3) is 0.188. The molecule has 0 spiro atoms. The average molecular weight is 352 g/mol. The zero-order chi connectivity index (χ0) is 15.4. The summed E-state index contributed by atoms with van der Waals surface area (Å²) in [6, 6.07) is 9.84. The smallest absolute Gasteiger partial charge is 0.262 e. The van der Waals surface area contributed by atoms with Gasteiger partial charge in [-0.1, -0.05) is 28.1 Å². The summed E-state index contributed by atoms with van der Waals surface area (Å²) < 4.78 is 19.9. The molecule has 0 heterocycles. The summed E-state index contributed by atoms with van der Waals surface area (Å²) in [5.41, 5.74) is 2.01. The lowest BCUT2D eigenvalue weighted by atomic mass is 10.1. The first-order valence-electron chi connectivity index (χ1n) is 6.41. The molecule has 2 aromatic rings. The molecule has 0 aliphatic carbocycles. The predicted molar refractivity (Wildman–Crippen MR) is 84.1 cm³/mol. The third-order valence-electron chi connectivity index (χ3n) is 2.92. The largest absolute Gasteiger partial charge is 0.483 e. The maximum absolute atomic E-state index is 13.4. The van der Waals surface area contributed by atoms with Crippen molar-refractivity contribution in [3.05, 3.63) is 57.8 Å². The Hall–Kier alpha value is -1.88. The molecule has 1 amide bonds. The zero-order valence-electron chi connectivity index (χ0n) is 11.7. The van der Waals surface area contributed by atoms with Gasteiger partial charge < -0.3 is 10.1 Å². The van der Waals surface area contributed by atoms with Gasteiger partial charge in [0.15, 0.2) is 6.61 Å². The van der Waals surface area contributed by atoms with Gasteiger partial charge in [-0.15, -0.1) is 0 Å². The highest BCUT2D eigenvalue weighted by Gasteiger charge is 2.10. The second kappa shape index (κ2) is 6.72. The highest BCUT2D eigenvalue weighted by molar-refractivity contribution is 9.10. The van der Waals surface area contributed by atoms with Gasteiger partial charge in [0.2, 0.25) is 0 Å². The predicted octanol–water partition coefficient (Wildman–Crippen LogP) is 4.22. The first-order chi connectivity index (χ1) is 9.97. The minimum Gasteiger partial charge on any atom is -0.483 e. The van der Waals surface area contributed by atoms with Crippen LogP contribution in [0.1, 0.15) is 11.1 Å². The van der Waals surface area contributed by atoms with E-state index in [0.717, 1.165) is 15.6 Å². The quantitative estimate of drug-likeness (QED) is 0.895. The second-order valence-electron chi connectivity index (χ2n) is 4.69. The van der Waals surface area contributed by atoms with E-state index in [1.54, 1.807) is 12.1 Å². The number of rotatable bonds is 4. The Morgan fingerprint density at radius 1 is 1.24 bits per heavy atom. The van der Waals surface area contributed by atoms with Crippen LogP contribution >= 0.6 is 15.9 Å². The molecule has 0 unspecified atom stereocenters. The van der Waals surface area contributed by atoms with Crippen LogP contribution < -0.4 is 10.1 Å². The number of halogens is 2. The Bertz CT molecular complexity index is 650. The van der Waals surface area contributed by atoms with Crippen LogP contribution in [0.4, 0.5) is 10.1 Å². The maximum atomic E-state index is 13.4. The molecule has 1 N–H and O–H groups in total. The van der Waals surface area contributed by atoms with E-state index in [-0.39, 0.29) is 12.3 Å². The molecule has 0 aromatic heterocycles. The maximum Gasteiger partial charge on any atom is 0.262 e. The molecule has 3 nitrogen and oxygen atoms in total. The molecule has 2 aromatic carbocycles. The molecule has 0 aliphatic heterocycles. The summed E-state index contributed by atoms with van der Waals surface area (Å²) >= 11 is 3.40. The summed E-state index contributed by atoms with van der Waals surface area (Å²) in [4.78, 5) is 11.8. The minimum atomic E-state index is -0.471. The Kier molecular flexibility index (Phi) is 4.96. The van der Waals surface area contributed by atoms with Gasteiger partial charge in [0.1, 0.15) is 11.6 Å². The van der Waals surface area contributed by atoms with Gasteiger partial charge in [0, 0.05) is 4.47 Å². The van der Waals surface area contributed by atoms with E-state index < -0.39 is 11.7 Å². The van der Waals surface area contributed by atoms with Crippen LogP contribution in [0.25, 0.3) is 0 Å². The highest BCUT2D eigenvalue weighted by atomic mass is 79.9. The SMILES string of the molecule is Cc1cc(Br)cc(C)c1OCC(=O)Nc1ccccc1F.